The van der Waals surface area contributed by atoms with Gasteiger partial charge in [-0.3, -0.25) is 4.79 Å². The smallest absolute Gasteiger partial charge is 0.354 e. The molecule has 0 radical (unpaired) electrons. The van der Waals surface area contributed by atoms with E-state index in [1.807, 2.05) is 0 Å². The van der Waals surface area contributed by atoms with Gasteiger partial charge in [0.05, 0.1) is 19.0 Å². The Morgan fingerprint density at radius 2 is 2.35 bits per heavy atom. The first-order valence-electron chi connectivity index (χ1n) is 5.33. The summed E-state index contributed by atoms with van der Waals surface area (Å²) in [5.41, 5.74) is -0.309. The molecule has 0 saturated carbocycles. The fraction of sp³-hybridized carbons (Fsp3) is 0.500. The first kappa shape index (κ1) is 11.6. The van der Waals surface area contributed by atoms with E-state index >= 15 is 0 Å². The van der Waals surface area contributed by atoms with Crippen molar-refractivity contribution in [2.45, 2.75) is 18.9 Å². The maximum atomic E-state index is 12.1. The van der Waals surface area contributed by atoms with Crippen molar-refractivity contribution in [1.29, 1.82) is 0 Å². The van der Waals surface area contributed by atoms with Crippen LogP contribution >= 0.6 is 0 Å². The first-order valence-corrected chi connectivity index (χ1v) is 5.33. The third kappa shape index (κ3) is 2.01. The Labute approximate surface area is 97.1 Å². The Kier molecular flexibility index (Phi) is 3.10. The van der Waals surface area contributed by atoms with Crippen molar-refractivity contribution in [2.75, 3.05) is 13.2 Å². The molecule has 0 aliphatic carbocycles. The number of hydrogen-bond donors (Lipinski definition) is 3. The standard InChI is InChI=1S/C10H13N3O4/c14-4-6-2-1-3-13(6)9(15)7-8(10(16)17)12-5-11-7/h5-6,14H,1-4H2,(H,11,12)(H,16,17)/t6-/m0/s1. The molecular formula is C10H13N3O4. The average molecular weight is 239 g/mol. The molecule has 0 spiro atoms. The minimum Gasteiger partial charge on any atom is -0.477 e. The van der Waals surface area contributed by atoms with Crippen LogP contribution in [0, 0.1) is 0 Å². The Balaban J connectivity index is 2.25. The van der Waals surface area contributed by atoms with Crippen molar-refractivity contribution in [3.63, 3.8) is 0 Å². The van der Waals surface area contributed by atoms with E-state index in [1.54, 1.807) is 0 Å². The zero-order chi connectivity index (χ0) is 12.4. The Morgan fingerprint density at radius 3 is 3.00 bits per heavy atom. The van der Waals surface area contributed by atoms with Crippen LogP contribution in [0.3, 0.4) is 0 Å². The van der Waals surface area contributed by atoms with Crippen molar-refractivity contribution < 1.29 is 19.8 Å². The van der Waals surface area contributed by atoms with Gasteiger partial charge in [0, 0.05) is 6.54 Å². The Hall–Kier alpha value is -1.89. The average Bonchev–Trinajstić information content (AvgIpc) is 2.96. The molecule has 7 heteroatoms. The number of aliphatic hydroxyl groups is 1. The quantitative estimate of drug-likeness (QED) is 0.671. The fourth-order valence-electron chi connectivity index (χ4n) is 2.05. The van der Waals surface area contributed by atoms with E-state index in [0.717, 1.165) is 12.8 Å². The van der Waals surface area contributed by atoms with E-state index in [9.17, 15) is 9.59 Å². The molecule has 0 aromatic carbocycles. The zero-order valence-corrected chi connectivity index (χ0v) is 9.09. The number of carbonyl (C=O) groups is 2. The van der Waals surface area contributed by atoms with Crippen molar-refractivity contribution >= 4 is 11.9 Å². The minimum atomic E-state index is -1.22. The molecule has 1 aliphatic rings. The van der Waals surface area contributed by atoms with Crippen LogP contribution < -0.4 is 0 Å². The summed E-state index contributed by atoms with van der Waals surface area (Å²) in [4.78, 5) is 30.6. The summed E-state index contributed by atoms with van der Waals surface area (Å²) < 4.78 is 0. The van der Waals surface area contributed by atoms with Crippen molar-refractivity contribution in [3.8, 4) is 0 Å². The highest BCUT2D eigenvalue weighted by Crippen LogP contribution is 2.20. The number of aromatic amines is 1. The van der Waals surface area contributed by atoms with Crippen LogP contribution in [0.25, 0.3) is 0 Å². The summed E-state index contributed by atoms with van der Waals surface area (Å²) in [7, 11) is 0. The van der Waals surface area contributed by atoms with Gasteiger partial charge in [0.1, 0.15) is 0 Å². The first-order chi connectivity index (χ1) is 8.15. The van der Waals surface area contributed by atoms with E-state index in [0.29, 0.717) is 6.54 Å². The summed E-state index contributed by atoms with van der Waals surface area (Å²) in [5.74, 6) is -1.66. The van der Waals surface area contributed by atoms with Gasteiger partial charge in [-0.25, -0.2) is 9.78 Å². The SMILES string of the molecule is O=C(O)c1[nH]cnc1C(=O)N1CCC[C@H]1CO. The largest absolute Gasteiger partial charge is 0.477 e. The lowest BCUT2D eigenvalue weighted by Gasteiger charge is -2.22. The number of likely N-dealkylation sites (tertiary alicyclic amines) is 1. The van der Waals surface area contributed by atoms with E-state index in [1.165, 1.54) is 11.2 Å². The fourth-order valence-corrected chi connectivity index (χ4v) is 2.05. The van der Waals surface area contributed by atoms with Crippen LogP contribution in [0.4, 0.5) is 0 Å². The topological polar surface area (TPSA) is 107 Å². The van der Waals surface area contributed by atoms with E-state index in [-0.39, 0.29) is 24.0 Å². The van der Waals surface area contributed by atoms with Gasteiger partial charge in [0.25, 0.3) is 5.91 Å². The summed E-state index contributed by atoms with van der Waals surface area (Å²) in [5, 5.41) is 18.0. The molecule has 17 heavy (non-hydrogen) atoms. The number of imidazole rings is 1. The van der Waals surface area contributed by atoms with Gasteiger partial charge >= 0.3 is 5.97 Å². The minimum absolute atomic E-state index is 0.0992. The van der Waals surface area contributed by atoms with Crippen molar-refractivity contribution in [1.82, 2.24) is 14.9 Å². The number of aromatic nitrogens is 2. The Bertz CT molecular complexity index is 443. The molecule has 1 saturated heterocycles. The number of nitrogens with one attached hydrogen (secondary N) is 1. The summed E-state index contributed by atoms with van der Waals surface area (Å²) in [6.45, 7) is 0.411. The second kappa shape index (κ2) is 4.54. The molecule has 0 unspecified atom stereocenters. The van der Waals surface area contributed by atoms with Gasteiger partial charge in [-0.15, -0.1) is 0 Å². The molecule has 1 atom stereocenters. The number of carbonyl (C=O) groups excluding carboxylic acids is 1. The molecule has 2 rings (SSSR count). The van der Waals surface area contributed by atoms with Crippen LogP contribution in [0.15, 0.2) is 6.33 Å². The highest BCUT2D eigenvalue weighted by atomic mass is 16.4. The van der Waals surface area contributed by atoms with Crippen LogP contribution in [-0.2, 0) is 0 Å². The molecule has 92 valence electrons. The molecular weight excluding hydrogens is 226 g/mol. The molecule has 2 heterocycles. The molecule has 1 aliphatic heterocycles. The molecule has 7 nitrogen and oxygen atoms in total. The van der Waals surface area contributed by atoms with E-state index in [4.69, 9.17) is 10.2 Å². The van der Waals surface area contributed by atoms with Crippen LogP contribution in [0.2, 0.25) is 0 Å². The number of carboxylic acid groups (broad SMARTS) is 1. The number of aromatic carboxylic acids is 1. The maximum Gasteiger partial charge on any atom is 0.354 e. The highest BCUT2D eigenvalue weighted by Gasteiger charge is 2.32. The number of H-pyrrole nitrogens is 1. The third-order valence-electron chi connectivity index (χ3n) is 2.90. The van der Waals surface area contributed by atoms with Gasteiger partial charge < -0.3 is 20.1 Å². The molecule has 1 fully saturated rings. The predicted molar refractivity (Wildman–Crippen MR) is 56.7 cm³/mol. The predicted octanol–water partition coefficient (Wildman–Crippen LogP) is -0.295. The lowest BCUT2D eigenvalue weighted by Crippen LogP contribution is -2.38. The number of aliphatic hydroxyl groups excluding tert-OH is 1. The lowest BCUT2D eigenvalue weighted by molar-refractivity contribution is 0.0638. The van der Waals surface area contributed by atoms with Crippen molar-refractivity contribution in [2.24, 2.45) is 0 Å². The van der Waals surface area contributed by atoms with Gasteiger partial charge in [-0.1, -0.05) is 0 Å². The summed E-state index contributed by atoms with van der Waals surface area (Å²) in [6, 6.07) is -0.235. The number of carboxylic acids is 1. The monoisotopic (exact) mass is 239 g/mol. The summed E-state index contributed by atoms with van der Waals surface area (Å²) in [6.07, 6.45) is 2.72. The number of nitrogens with zero attached hydrogens (tertiary/aromatic N) is 2. The Morgan fingerprint density at radius 1 is 1.59 bits per heavy atom. The van der Waals surface area contributed by atoms with Gasteiger partial charge in [-0.05, 0) is 12.8 Å². The third-order valence-corrected chi connectivity index (χ3v) is 2.90. The summed E-state index contributed by atoms with van der Waals surface area (Å²) >= 11 is 0. The molecule has 3 N–H and O–H groups in total. The molecule has 1 aromatic rings. The highest BCUT2D eigenvalue weighted by molar-refractivity contribution is 6.02. The molecule has 1 amide bonds. The van der Waals surface area contributed by atoms with Crippen LogP contribution in [0.1, 0.15) is 33.8 Å². The lowest BCUT2D eigenvalue weighted by atomic mass is 10.2. The van der Waals surface area contributed by atoms with Crippen molar-refractivity contribution in [3.05, 3.63) is 17.7 Å². The molecule has 1 aromatic heterocycles. The molecule has 0 bridgehead atoms. The zero-order valence-electron chi connectivity index (χ0n) is 9.09. The second-order valence-corrected chi connectivity index (χ2v) is 3.91. The van der Waals surface area contributed by atoms with Crippen LogP contribution in [-0.4, -0.2) is 56.2 Å². The number of amides is 1. The number of hydrogen-bond acceptors (Lipinski definition) is 4. The van der Waals surface area contributed by atoms with E-state index < -0.39 is 11.9 Å². The van der Waals surface area contributed by atoms with Gasteiger partial charge in [0.2, 0.25) is 0 Å². The number of rotatable bonds is 3. The normalized spacial score (nSPS) is 19.6. The van der Waals surface area contributed by atoms with Gasteiger partial charge in [0.15, 0.2) is 11.4 Å². The van der Waals surface area contributed by atoms with Gasteiger partial charge in [-0.2, -0.15) is 0 Å². The van der Waals surface area contributed by atoms with Crippen LogP contribution in [0.5, 0.6) is 0 Å². The van der Waals surface area contributed by atoms with E-state index in [2.05, 4.69) is 9.97 Å². The second-order valence-electron chi connectivity index (χ2n) is 3.91. The maximum absolute atomic E-state index is 12.1.